The maximum atomic E-state index is 8.88. The third-order valence-electron chi connectivity index (χ3n) is 2.61. The van der Waals surface area contributed by atoms with Crippen LogP contribution in [0.25, 0.3) is 0 Å². The Kier molecular flexibility index (Phi) is 7.15. The van der Waals surface area contributed by atoms with Crippen LogP contribution in [-0.2, 0) is 0 Å². The van der Waals surface area contributed by atoms with E-state index in [1.807, 2.05) is 0 Å². The fourth-order valence-corrected chi connectivity index (χ4v) is 1.36. The molecule has 0 amide bonds. The summed E-state index contributed by atoms with van der Waals surface area (Å²) in [5, 5.41) is 8.88. The maximum Gasteiger partial charge on any atom is 0.0558 e. The summed E-state index contributed by atoms with van der Waals surface area (Å²) in [5.74, 6) is 0. The SMILES string of the molecule is CCCN(CCO)CCC(C)(C)CN. The van der Waals surface area contributed by atoms with Crippen LogP contribution >= 0.6 is 0 Å². The highest BCUT2D eigenvalue weighted by Gasteiger charge is 2.16. The van der Waals surface area contributed by atoms with Crippen molar-refractivity contribution < 1.29 is 5.11 Å². The molecule has 3 nitrogen and oxygen atoms in total. The summed E-state index contributed by atoms with van der Waals surface area (Å²) >= 11 is 0. The molecule has 0 aromatic heterocycles. The van der Waals surface area contributed by atoms with Gasteiger partial charge in [-0.05, 0) is 37.9 Å². The average molecular weight is 202 g/mol. The van der Waals surface area contributed by atoms with Crippen LogP contribution in [0, 0.1) is 5.41 Å². The van der Waals surface area contributed by atoms with Gasteiger partial charge in [-0.3, -0.25) is 0 Å². The second-order valence-corrected chi connectivity index (χ2v) is 4.68. The third kappa shape index (κ3) is 6.35. The first-order valence-corrected chi connectivity index (χ1v) is 5.59. The summed E-state index contributed by atoms with van der Waals surface area (Å²) in [6.07, 6.45) is 2.24. The van der Waals surface area contributed by atoms with E-state index in [1.165, 1.54) is 0 Å². The second kappa shape index (κ2) is 7.21. The van der Waals surface area contributed by atoms with Gasteiger partial charge in [-0.25, -0.2) is 0 Å². The van der Waals surface area contributed by atoms with Crippen molar-refractivity contribution in [1.29, 1.82) is 0 Å². The van der Waals surface area contributed by atoms with Crippen molar-refractivity contribution in [2.24, 2.45) is 11.1 Å². The Bertz CT molecular complexity index is 131. The summed E-state index contributed by atoms with van der Waals surface area (Å²) < 4.78 is 0. The van der Waals surface area contributed by atoms with Crippen molar-refractivity contribution in [3.63, 3.8) is 0 Å². The van der Waals surface area contributed by atoms with Gasteiger partial charge in [-0.2, -0.15) is 0 Å². The van der Waals surface area contributed by atoms with Crippen LogP contribution in [0.5, 0.6) is 0 Å². The van der Waals surface area contributed by atoms with Gasteiger partial charge in [0.15, 0.2) is 0 Å². The maximum absolute atomic E-state index is 8.88. The van der Waals surface area contributed by atoms with Gasteiger partial charge >= 0.3 is 0 Å². The number of nitrogens with zero attached hydrogens (tertiary/aromatic N) is 1. The lowest BCUT2D eigenvalue weighted by atomic mass is 9.89. The van der Waals surface area contributed by atoms with Gasteiger partial charge in [0.2, 0.25) is 0 Å². The third-order valence-corrected chi connectivity index (χ3v) is 2.61. The molecule has 3 N–H and O–H groups in total. The minimum atomic E-state index is 0.224. The molecule has 0 radical (unpaired) electrons. The van der Waals surface area contributed by atoms with E-state index in [0.717, 1.165) is 39.0 Å². The summed E-state index contributed by atoms with van der Waals surface area (Å²) in [4.78, 5) is 2.30. The van der Waals surface area contributed by atoms with Crippen molar-refractivity contribution >= 4 is 0 Å². The molecule has 3 heteroatoms. The highest BCUT2D eigenvalue weighted by Crippen LogP contribution is 2.18. The molecule has 0 heterocycles. The van der Waals surface area contributed by atoms with Crippen LogP contribution in [0.3, 0.4) is 0 Å². The first-order valence-electron chi connectivity index (χ1n) is 5.59. The lowest BCUT2D eigenvalue weighted by molar-refractivity contribution is 0.174. The van der Waals surface area contributed by atoms with Gasteiger partial charge < -0.3 is 15.7 Å². The van der Waals surface area contributed by atoms with Gasteiger partial charge in [0.05, 0.1) is 6.61 Å². The zero-order valence-corrected chi connectivity index (χ0v) is 9.92. The normalized spacial score (nSPS) is 12.4. The van der Waals surface area contributed by atoms with E-state index >= 15 is 0 Å². The minimum Gasteiger partial charge on any atom is -0.395 e. The van der Waals surface area contributed by atoms with Gasteiger partial charge in [0.25, 0.3) is 0 Å². The molecule has 0 aliphatic carbocycles. The summed E-state index contributed by atoms with van der Waals surface area (Å²) in [5.41, 5.74) is 5.90. The van der Waals surface area contributed by atoms with Crippen molar-refractivity contribution in [3.05, 3.63) is 0 Å². The van der Waals surface area contributed by atoms with E-state index < -0.39 is 0 Å². The Morgan fingerprint density at radius 3 is 2.29 bits per heavy atom. The highest BCUT2D eigenvalue weighted by atomic mass is 16.3. The number of rotatable bonds is 8. The van der Waals surface area contributed by atoms with Gasteiger partial charge in [-0.1, -0.05) is 20.8 Å². The highest BCUT2D eigenvalue weighted by molar-refractivity contribution is 4.71. The van der Waals surface area contributed by atoms with Crippen LogP contribution in [0.4, 0.5) is 0 Å². The van der Waals surface area contributed by atoms with Crippen molar-refractivity contribution in [1.82, 2.24) is 4.90 Å². The molecular formula is C11H26N2O. The summed E-state index contributed by atoms with van der Waals surface area (Å²) in [6.45, 7) is 10.4. The predicted octanol–water partition coefficient (Wildman–Crippen LogP) is 1.07. The molecule has 86 valence electrons. The fraction of sp³-hybridized carbons (Fsp3) is 1.00. The van der Waals surface area contributed by atoms with Crippen LogP contribution in [0.1, 0.15) is 33.6 Å². The number of aliphatic hydroxyl groups is 1. The summed E-state index contributed by atoms with van der Waals surface area (Å²) in [6, 6.07) is 0. The van der Waals surface area contributed by atoms with E-state index in [4.69, 9.17) is 10.8 Å². The Morgan fingerprint density at radius 2 is 1.86 bits per heavy atom. The molecule has 0 bridgehead atoms. The quantitative estimate of drug-likeness (QED) is 0.619. The second-order valence-electron chi connectivity index (χ2n) is 4.68. The smallest absolute Gasteiger partial charge is 0.0558 e. The first-order chi connectivity index (χ1) is 6.55. The van der Waals surface area contributed by atoms with Crippen LogP contribution in [-0.4, -0.2) is 42.8 Å². The zero-order valence-electron chi connectivity index (χ0n) is 9.92. The lowest BCUT2D eigenvalue weighted by Crippen LogP contribution is -2.34. The van der Waals surface area contributed by atoms with E-state index in [9.17, 15) is 0 Å². The lowest BCUT2D eigenvalue weighted by Gasteiger charge is -2.27. The van der Waals surface area contributed by atoms with E-state index in [0.29, 0.717) is 0 Å². The number of hydrogen-bond acceptors (Lipinski definition) is 3. The zero-order chi connectivity index (χ0) is 11.0. The van der Waals surface area contributed by atoms with Crippen molar-refractivity contribution in [2.45, 2.75) is 33.6 Å². The molecule has 0 aromatic carbocycles. The van der Waals surface area contributed by atoms with Gasteiger partial charge in [0, 0.05) is 6.54 Å². The fourth-order valence-electron chi connectivity index (χ4n) is 1.36. The molecule has 0 saturated heterocycles. The molecule has 0 aliphatic heterocycles. The Hall–Kier alpha value is -0.120. The molecular weight excluding hydrogens is 176 g/mol. The largest absolute Gasteiger partial charge is 0.395 e. The monoisotopic (exact) mass is 202 g/mol. The summed E-state index contributed by atoms with van der Waals surface area (Å²) in [7, 11) is 0. The Labute approximate surface area is 88.3 Å². The number of hydrogen-bond donors (Lipinski definition) is 2. The molecule has 0 rings (SSSR count). The predicted molar refractivity (Wildman–Crippen MR) is 61.3 cm³/mol. The van der Waals surface area contributed by atoms with E-state index in [2.05, 4.69) is 25.7 Å². The van der Waals surface area contributed by atoms with Crippen molar-refractivity contribution in [3.8, 4) is 0 Å². The van der Waals surface area contributed by atoms with Gasteiger partial charge in [-0.15, -0.1) is 0 Å². The molecule has 0 spiro atoms. The van der Waals surface area contributed by atoms with Crippen molar-refractivity contribution in [2.75, 3.05) is 32.8 Å². The van der Waals surface area contributed by atoms with Gasteiger partial charge in [0.1, 0.15) is 0 Å². The van der Waals surface area contributed by atoms with E-state index in [1.54, 1.807) is 0 Å². The average Bonchev–Trinajstić information content (AvgIpc) is 2.15. The first kappa shape index (κ1) is 13.9. The minimum absolute atomic E-state index is 0.224. The van der Waals surface area contributed by atoms with Crippen LogP contribution in [0.2, 0.25) is 0 Å². The van der Waals surface area contributed by atoms with Crippen LogP contribution in [0.15, 0.2) is 0 Å². The number of nitrogens with two attached hydrogens (primary N) is 1. The molecule has 0 saturated carbocycles. The topological polar surface area (TPSA) is 49.5 Å². The molecule has 0 unspecified atom stereocenters. The molecule has 0 fully saturated rings. The molecule has 14 heavy (non-hydrogen) atoms. The molecule has 0 atom stereocenters. The Morgan fingerprint density at radius 1 is 1.21 bits per heavy atom. The van der Waals surface area contributed by atoms with E-state index in [-0.39, 0.29) is 12.0 Å². The van der Waals surface area contributed by atoms with Crippen LogP contribution < -0.4 is 5.73 Å². The molecule has 0 aromatic rings. The number of aliphatic hydroxyl groups excluding tert-OH is 1. The Balaban J connectivity index is 3.80. The standard InChI is InChI=1S/C11H26N2O/c1-4-6-13(8-9-14)7-5-11(2,3)10-12/h14H,4-10,12H2,1-3H3. The molecule has 0 aliphatic rings.